The Bertz CT molecular complexity index is 1110. The van der Waals surface area contributed by atoms with Crippen molar-refractivity contribution in [2.24, 2.45) is 4.99 Å². The maximum atomic E-state index is 14.2. The number of rotatable bonds is 4. The zero-order valence-corrected chi connectivity index (χ0v) is 19.3. The van der Waals surface area contributed by atoms with Crippen molar-refractivity contribution in [3.63, 3.8) is 0 Å². The number of hydrogen-bond acceptors (Lipinski definition) is 6. The third-order valence-corrected chi connectivity index (χ3v) is 4.83. The van der Waals surface area contributed by atoms with Gasteiger partial charge in [0.05, 0.1) is 16.2 Å². The molecular weight excluding hydrogens is 456 g/mol. The van der Waals surface area contributed by atoms with Crippen molar-refractivity contribution >= 4 is 52.5 Å². The van der Waals surface area contributed by atoms with Gasteiger partial charge in [0.15, 0.2) is 11.6 Å². The van der Waals surface area contributed by atoms with Crippen molar-refractivity contribution in [2.75, 3.05) is 5.32 Å². The minimum Gasteiger partial charge on any atom is -0.444 e. The molecule has 1 aliphatic carbocycles. The minimum absolute atomic E-state index is 0.0281. The zero-order valence-electron chi connectivity index (χ0n) is 17.7. The number of alkyl carbamates (subject to hydrolysis) is 1. The quantitative estimate of drug-likeness (QED) is 0.524. The van der Waals surface area contributed by atoms with Gasteiger partial charge in [-0.05, 0) is 63.5 Å². The summed E-state index contributed by atoms with van der Waals surface area (Å²) in [6.07, 6.45) is 7.03. The molecular formula is C22H22Cl2FN5O2. The largest absolute Gasteiger partial charge is 0.444 e. The molecule has 32 heavy (non-hydrogen) atoms. The summed E-state index contributed by atoms with van der Waals surface area (Å²) in [5.41, 5.74) is 1.61. The average molecular weight is 478 g/mol. The molecule has 2 N–H and O–H groups in total. The molecule has 0 bridgehead atoms. The molecule has 0 saturated carbocycles. The highest BCUT2D eigenvalue weighted by Gasteiger charge is 2.15. The van der Waals surface area contributed by atoms with E-state index in [9.17, 15) is 9.18 Å². The van der Waals surface area contributed by atoms with Crippen LogP contribution in [0.25, 0.3) is 0 Å². The van der Waals surface area contributed by atoms with Crippen molar-refractivity contribution in [3.05, 3.63) is 64.2 Å². The molecule has 1 aromatic carbocycles. The number of carbonyl (C=O) groups excluding carboxylic acids is 1. The van der Waals surface area contributed by atoms with E-state index in [1.54, 1.807) is 51.2 Å². The molecule has 2 aromatic rings. The summed E-state index contributed by atoms with van der Waals surface area (Å²) in [6.45, 7) is 5.39. The van der Waals surface area contributed by atoms with Crippen LogP contribution in [0.4, 0.5) is 26.6 Å². The van der Waals surface area contributed by atoms with Crippen LogP contribution in [0.1, 0.15) is 33.6 Å². The number of benzene rings is 1. The van der Waals surface area contributed by atoms with Crippen LogP contribution >= 0.6 is 23.2 Å². The van der Waals surface area contributed by atoms with E-state index in [1.807, 2.05) is 6.08 Å². The van der Waals surface area contributed by atoms with Crippen molar-refractivity contribution in [1.82, 2.24) is 15.3 Å². The lowest BCUT2D eigenvalue weighted by Crippen LogP contribution is -2.30. The van der Waals surface area contributed by atoms with Crippen LogP contribution in [0, 0.1) is 5.82 Å². The van der Waals surface area contributed by atoms with Gasteiger partial charge in [-0.3, -0.25) is 5.32 Å². The number of ether oxygens (including phenoxy) is 1. The molecule has 1 heterocycles. The number of anilines is 2. The van der Waals surface area contributed by atoms with Crippen LogP contribution in [0.15, 0.2) is 53.3 Å². The molecule has 0 spiro atoms. The number of carbonyl (C=O) groups is 1. The highest BCUT2D eigenvalue weighted by molar-refractivity contribution is 6.42. The number of aliphatic imine (C=N–C) groups is 1. The van der Waals surface area contributed by atoms with Gasteiger partial charge >= 0.3 is 6.09 Å². The van der Waals surface area contributed by atoms with E-state index in [0.717, 1.165) is 17.5 Å². The normalized spacial score (nSPS) is 16.3. The number of amides is 1. The molecule has 0 unspecified atom stereocenters. The lowest BCUT2D eigenvalue weighted by atomic mass is 10.0. The lowest BCUT2D eigenvalue weighted by Gasteiger charge is -2.19. The third-order valence-electron chi connectivity index (χ3n) is 4.09. The summed E-state index contributed by atoms with van der Waals surface area (Å²) in [4.78, 5) is 24.2. The van der Waals surface area contributed by atoms with Gasteiger partial charge in [-0.25, -0.2) is 19.2 Å². The molecule has 10 heteroatoms. The van der Waals surface area contributed by atoms with Crippen molar-refractivity contribution in [2.45, 2.75) is 39.2 Å². The maximum absolute atomic E-state index is 14.2. The van der Waals surface area contributed by atoms with Crippen LogP contribution in [0.2, 0.25) is 10.0 Å². The van der Waals surface area contributed by atoms with Crippen molar-refractivity contribution < 1.29 is 13.9 Å². The Morgan fingerprint density at radius 2 is 2.00 bits per heavy atom. The van der Waals surface area contributed by atoms with Crippen LogP contribution in [0.3, 0.4) is 0 Å². The number of nitrogens with one attached hydrogen (secondary N) is 2. The molecule has 1 aromatic heterocycles. The average Bonchev–Trinajstić information content (AvgIpc) is 2.71. The van der Waals surface area contributed by atoms with Gasteiger partial charge in [0, 0.05) is 17.6 Å². The molecule has 0 saturated heterocycles. The first-order chi connectivity index (χ1) is 15.1. The fraction of sp³-hybridized carbons (Fsp3) is 0.273. The van der Waals surface area contributed by atoms with E-state index in [1.165, 1.54) is 0 Å². The predicted molar refractivity (Wildman–Crippen MR) is 125 cm³/mol. The molecule has 1 aliphatic rings. The van der Waals surface area contributed by atoms with E-state index < -0.39 is 17.5 Å². The van der Waals surface area contributed by atoms with Gasteiger partial charge < -0.3 is 10.1 Å². The van der Waals surface area contributed by atoms with Crippen molar-refractivity contribution in [3.8, 4) is 0 Å². The van der Waals surface area contributed by atoms with Crippen molar-refractivity contribution in [1.29, 1.82) is 0 Å². The number of aromatic nitrogens is 2. The van der Waals surface area contributed by atoms with Gasteiger partial charge in [-0.1, -0.05) is 29.3 Å². The Hall–Kier alpha value is -2.97. The molecule has 0 fully saturated rings. The van der Waals surface area contributed by atoms with E-state index in [2.05, 4.69) is 25.6 Å². The Morgan fingerprint density at radius 1 is 1.22 bits per heavy atom. The Kier molecular flexibility index (Phi) is 7.48. The molecule has 1 amide bonds. The number of halogens is 3. The second-order valence-electron chi connectivity index (χ2n) is 7.92. The van der Waals surface area contributed by atoms with E-state index in [0.29, 0.717) is 28.6 Å². The smallest absolute Gasteiger partial charge is 0.411 e. The third kappa shape index (κ3) is 7.03. The fourth-order valence-corrected chi connectivity index (χ4v) is 2.95. The summed E-state index contributed by atoms with van der Waals surface area (Å²) >= 11 is 11.9. The van der Waals surface area contributed by atoms with Crippen LogP contribution < -0.4 is 10.6 Å². The number of nitrogens with zero attached hydrogens (tertiary/aromatic N) is 3. The molecule has 168 valence electrons. The van der Waals surface area contributed by atoms with Gasteiger partial charge in [0.2, 0.25) is 0 Å². The van der Waals surface area contributed by atoms with Gasteiger partial charge in [-0.15, -0.1) is 0 Å². The highest BCUT2D eigenvalue weighted by Crippen LogP contribution is 2.27. The van der Waals surface area contributed by atoms with Crippen LogP contribution in [-0.4, -0.2) is 27.4 Å². The van der Waals surface area contributed by atoms with Gasteiger partial charge in [-0.2, -0.15) is 4.98 Å². The zero-order chi connectivity index (χ0) is 23.3. The topological polar surface area (TPSA) is 88.5 Å². The summed E-state index contributed by atoms with van der Waals surface area (Å²) in [5, 5.41) is 6.19. The molecule has 0 radical (unpaired) electrons. The standard InChI is InChI=1S/C22H22Cl2FN5O2/c1-22(2,3)32-21(31)27-11-13-4-6-14(7-5-13)29-20-26-12-18(25)19(30-20)28-15-8-9-16(23)17(24)10-15/h4,6,8-12H,5,7H2,1-3H3,(H,27,31)(H,26,28,30). The molecule has 0 atom stereocenters. The number of hydrogen-bond donors (Lipinski definition) is 2. The summed E-state index contributed by atoms with van der Waals surface area (Å²) in [6, 6.07) is 4.83. The monoisotopic (exact) mass is 477 g/mol. The van der Waals surface area contributed by atoms with E-state index in [4.69, 9.17) is 27.9 Å². The Labute approximate surface area is 195 Å². The first kappa shape index (κ1) is 23.7. The highest BCUT2D eigenvalue weighted by atomic mass is 35.5. The fourth-order valence-electron chi connectivity index (χ4n) is 2.65. The Morgan fingerprint density at radius 3 is 2.66 bits per heavy atom. The first-order valence-corrected chi connectivity index (χ1v) is 10.5. The molecule has 0 aliphatic heterocycles. The summed E-state index contributed by atoms with van der Waals surface area (Å²) in [7, 11) is 0. The van der Waals surface area contributed by atoms with E-state index in [-0.39, 0.29) is 11.8 Å². The second kappa shape index (κ2) is 10.1. The molecule has 7 nitrogen and oxygen atoms in total. The van der Waals surface area contributed by atoms with Gasteiger partial charge in [0.1, 0.15) is 5.60 Å². The summed E-state index contributed by atoms with van der Waals surface area (Å²) in [5.74, 6) is -0.537. The SMILES string of the molecule is CC(C)(C)OC(=O)NC=C1C=CC(=Nc2ncc(F)c(Nc3ccc(Cl)c(Cl)c3)n2)CC1. The van der Waals surface area contributed by atoms with Crippen LogP contribution in [-0.2, 0) is 4.74 Å². The predicted octanol–water partition coefficient (Wildman–Crippen LogP) is 6.50. The lowest BCUT2D eigenvalue weighted by molar-refractivity contribution is 0.0552. The first-order valence-electron chi connectivity index (χ1n) is 9.78. The minimum atomic E-state index is -0.627. The second-order valence-corrected chi connectivity index (χ2v) is 8.74. The Balaban J connectivity index is 1.68. The van der Waals surface area contributed by atoms with E-state index >= 15 is 0 Å². The maximum Gasteiger partial charge on any atom is 0.411 e. The van der Waals surface area contributed by atoms with Crippen LogP contribution in [0.5, 0.6) is 0 Å². The number of allylic oxidation sites excluding steroid dienone is 3. The molecule has 3 rings (SSSR count). The van der Waals surface area contributed by atoms with Gasteiger partial charge in [0.25, 0.3) is 5.95 Å². The summed E-state index contributed by atoms with van der Waals surface area (Å²) < 4.78 is 19.4.